The summed E-state index contributed by atoms with van der Waals surface area (Å²) in [5.41, 5.74) is -2.87. The van der Waals surface area contributed by atoms with E-state index in [0.717, 1.165) is 6.42 Å². The Balaban J connectivity index is 1.59. The second-order valence-electron chi connectivity index (χ2n) is 9.40. The van der Waals surface area contributed by atoms with E-state index in [-0.39, 0.29) is 23.7 Å². The highest BCUT2D eigenvalue weighted by atomic mass is 19.4. The van der Waals surface area contributed by atoms with Gasteiger partial charge in [0.15, 0.2) is 0 Å². The molecule has 1 heterocycles. The number of alkyl halides is 5. The Bertz CT molecular complexity index is 653. The smallest absolute Gasteiger partial charge is 0.383 e. The summed E-state index contributed by atoms with van der Waals surface area (Å²) in [4.78, 5) is 0. The maximum absolute atomic E-state index is 15.1. The maximum atomic E-state index is 15.1. The van der Waals surface area contributed by atoms with E-state index in [2.05, 4.69) is 18.6 Å². The van der Waals surface area contributed by atoms with Gasteiger partial charge in [-0.3, -0.25) is 0 Å². The molecule has 0 amide bonds. The van der Waals surface area contributed by atoms with E-state index in [1.165, 1.54) is 0 Å². The second kappa shape index (κ2) is 4.57. The lowest BCUT2D eigenvalue weighted by Crippen LogP contribution is -2.78. The van der Waals surface area contributed by atoms with Crippen molar-refractivity contribution in [3.8, 4) is 0 Å². The lowest BCUT2D eigenvalue weighted by molar-refractivity contribution is -0.487. The molecule has 3 nitrogen and oxygen atoms in total. The third-order valence-corrected chi connectivity index (χ3v) is 9.07. The predicted octanol–water partition coefficient (Wildman–Crippen LogP) is 3.05. The third-order valence-electron chi connectivity index (χ3n) is 9.07. The van der Waals surface area contributed by atoms with Crippen LogP contribution in [0.1, 0.15) is 26.7 Å². The van der Waals surface area contributed by atoms with Crippen LogP contribution in [0, 0.1) is 53.3 Å². The predicted molar refractivity (Wildman–Crippen MR) is 78.8 cm³/mol. The summed E-state index contributed by atoms with van der Waals surface area (Å²) in [5, 5.41) is 20.9. The van der Waals surface area contributed by atoms with E-state index >= 15 is 8.78 Å². The van der Waals surface area contributed by atoms with E-state index in [1.54, 1.807) is 0 Å². The molecule has 26 heavy (non-hydrogen) atoms. The van der Waals surface area contributed by atoms with Crippen LogP contribution in [-0.2, 0) is 4.74 Å². The zero-order valence-corrected chi connectivity index (χ0v) is 14.5. The fourth-order valence-corrected chi connectivity index (χ4v) is 7.94. The molecule has 0 aromatic carbocycles. The Kier molecular flexibility index (Phi) is 3.09. The standard InChI is InChI=1S/C18H23F5O3/c1-6-7(2)9-3-8(6)13-10-4-11(14(9)13)15(24)12(10)5-26-17(25,16(15,19)20)18(21,22)23/h6-14,24-25H,3-5H2,1-2H3. The second-order valence-corrected chi connectivity index (χ2v) is 9.40. The lowest BCUT2D eigenvalue weighted by atomic mass is 9.55. The molecular formula is C18H23F5O3. The van der Waals surface area contributed by atoms with Crippen LogP contribution in [0.15, 0.2) is 0 Å². The molecule has 0 aromatic heterocycles. The molecule has 2 N–H and O–H groups in total. The van der Waals surface area contributed by atoms with Crippen molar-refractivity contribution in [1.29, 1.82) is 0 Å². The minimum absolute atomic E-state index is 0.164. The first kappa shape index (κ1) is 17.6. The number of hydrogen-bond donors (Lipinski definition) is 2. The van der Waals surface area contributed by atoms with Crippen molar-refractivity contribution in [2.45, 2.75) is 50.2 Å². The van der Waals surface area contributed by atoms with Crippen molar-refractivity contribution in [3.05, 3.63) is 0 Å². The van der Waals surface area contributed by atoms with Gasteiger partial charge in [0.2, 0.25) is 0 Å². The van der Waals surface area contributed by atoms with Gasteiger partial charge in [-0.2, -0.15) is 22.0 Å². The summed E-state index contributed by atoms with van der Waals surface area (Å²) in [6.45, 7) is 3.55. The van der Waals surface area contributed by atoms with Crippen LogP contribution in [0.2, 0.25) is 0 Å². The molecule has 1 aliphatic heterocycles. The van der Waals surface area contributed by atoms with Crippen molar-refractivity contribution >= 4 is 0 Å². The molecule has 4 aliphatic carbocycles. The van der Waals surface area contributed by atoms with Crippen LogP contribution in [0.3, 0.4) is 0 Å². The highest BCUT2D eigenvalue weighted by molar-refractivity contribution is 5.27. The first-order chi connectivity index (χ1) is 11.9. The average Bonchev–Trinajstić information content (AvgIpc) is 3.22. The van der Waals surface area contributed by atoms with Gasteiger partial charge in [-0.15, -0.1) is 0 Å². The molecule has 5 fully saturated rings. The van der Waals surface area contributed by atoms with Gasteiger partial charge in [-0.25, -0.2) is 0 Å². The Hall–Kier alpha value is -0.470. The van der Waals surface area contributed by atoms with Gasteiger partial charge >= 0.3 is 17.9 Å². The lowest BCUT2D eigenvalue weighted by Gasteiger charge is -2.58. The van der Waals surface area contributed by atoms with Crippen molar-refractivity contribution in [1.82, 2.24) is 0 Å². The third kappa shape index (κ3) is 1.52. The summed E-state index contributed by atoms with van der Waals surface area (Å²) >= 11 is 0. The number of rotatable bonds is 0. The average molecular weight is 382 g/mol. The molecule has 5 aliphatic rings. The van der Waals surface area contributed by atoms with Crippen LogP contribution in [-0.4, -0.2) is 40.3 Å². The Morgan fingerprint density at radius 2 is 1.46 bits per heavy atom. The molecule has 11 unspecified atom stereocenters. The van der Waals surface area contributed by atoms with Gasteiger partial charge in [0.25, 0.3) is 0 Å². The molecule has 0 aromatic rings. The van der Waals surface area contributed by atoms with Crippen LogP contribution >= 0.6 is 0 Å². The molecule has 0 radical (unpaired) electrons. The van der Waals surface area contributed by atoms with Gasteiger partial charge in [-0.05, 0) is 60.2 Å². The van der Waals surface area contributed by atoms with Gasteiger partial charge < -0.3 is 14.9 Å². The number of ether oxygens (including phenoxy) is 1. The monoisotopic (exact) mass is 382 g/mol. The van der Waals surface area contributed by atoms with E-state index in [4.69, 9.17) is 0 Å². The molecule has 4 bridgehead atoms. The number of fused-ring (bicyclic) bond motifs is 12. The maximum Gasteiger partial charge on any atom is 0.449 e. The summed E-state index contributed by atoms with van der Waals surface area (Å²) < 4.78 is 74.3. The minimum atomic E-state index is -5.69. The zero-order chi connectivity index (χ0) is 19.0. The normalized spacial score (nSPS) is 62.4. The minimum Gasteiger partial charge on any atom is -0.383 e. The quantitative estimate of drug-likeness (QED) is 0.500. The van der Waals surface area contributed by atoms with Crippen LogP contribution < -0.4 is 0 Å². The molecule has 5 rings (SSSR count). The number of hydrogen-bond acceptors (Lipinski definition) is 3. The van der Waals surface area contributed by atoms with Gasteiger partial charge in [0, 0.05) is 5.92 Å². The Morgan fingerprint density at radius 1 is 0.885 bits per heavy atom. The van der Waals surface area contributed by atoms with Gasteiger partial charge in [-0.1, -0.05) is 13.8 Å². The highest BCUT2D eigenvalue weighted by Gasteiger charge is 2.88. The molecule has 4 saturated carbocycles. The summed E-state index contributed by atoms with van der Waals surface area (Å²) in [7, 11) is 0. The first-order valence-corrected chi connectivity index (χ1v) is 9.41. The van der Waals surface area contributed by atoms with Crippen molar-refractivity contribution in [3.63, 3.8) is 0 Å². The molecule has 148 valence electrons. The SMILES string of the molecule is CC1C(C)C2CC1C1C3CC(C21)C1(O)C3COC(O)(C(F)(F)F)C1(F)F. The Labute approximate surface area is 147 Å². The molecular weight excluding hydrogens is 359 g/mol. The van der Waals surface area contributed by atoms with Gasteiger partial charge in [0.1, 0.15) is 5.60 Å². The summed E-state index contributed by atoms with van der Waals surface area (Å²) in [5.74, 6) is -10.4. The van der Waals surface area contributed by atoms with E-state index in [1.807, 2.05) is 0 Å². The van der Waals surface area contributed by atoms with Crippen molar-refractivity contribution < 1.29 is 36.9 Å². The van der Waals surface area contributed by atoms with Gasteiger partial charge in [0.05, 0.1) is 6.61 Å². The fraction of sp³-hybridized carbons (Fsp3) is 1.00. The van der Waals surface area contributed by atoms with Crippen molar-refractivity contribution in [2.75, 3.05) is 6.61 Å². The Morgan fingerprint density at radius 3 is 2.04 bits per heavy atom. The first-order valence-electron chi connectivity index (χ1n) is 9.41. The van der Waals surface area contributed by atoms with E-state index in [0.29, 0.717) is 24.2 Å². The van der Waals surface area contributed by atoms with Crippen LogP contribution in [0.25, 0.3) is 0 Å². The topological polar surface area (TPSA) is 49.7 Å². The van der Waals surface area contributed by atoms with Crippen molar-refractivity contribution in [2.24, 2.45) is 53.3 Å². The van der Waals surface area contributed by atoms with E-state index in [9.17, 15) is 23.4 Å². The highest BCUT2D eigenvalue weighted by Crippen LogP contribution is 2.77. The summed E-state index contributed by atoms with van der Waals surface area (Å²) in [6.07, 6.45) is -4.48. The molecule has 0 spiro atoms. The molecule has 1 saturated heterocycles. The molecule has 11 atom stereocenters. The van der Waals surface area contributed by atoms with Crippen LogP contribution in [0.5, 0.6) is 0 Å². The molecule has 8 heteroatoms. The zero-order valence-electron chi connectivity index (χ0n) is 14.5. The number of aliphatic hydroxyl groups is 2. The fourth-order valence-electron chi connectivity index (χ4n) is 7.94. The summed E-state index contributed by atoms with van der Waals surface area (Å²) in [6, 6.07) is 0. The van der Waals surface area contributed by atoms with Crippen LogP contribution in [0.4, 0.5) is 22.0 Å². The van der Waals surface area contributed by atoms with E-state index < -0.39 is 41.9 Å². The largest absolute Gasteiger partial charge is 0.449 e. The number of halogens is 5.